The van der Waals surface area contributed by atoms with Gasteiger partial charge in [-0.15, -0.1) is 0 Å². The van der Waals surface area contributed by atoms with Crippen LogP contribution in [0.15, 0.2) is 41.2 Å². The molecule has 2 aromatic rings. The Labute approximate surface area is 141 Å². The molecular weight excluding hydrogens is 304 g/mol. The molecule has 0 saturated carbocycles. The summed E-state index contributed by atoms with van der Waals surface area (Å²) in [5.74, 6) is 0.373. The van der Waals surface area contributed by atoms with Crippen molar-refractivity contribution in [2.45, 2.75) is 19.9 Å². The molecule has 6 heteroatoms. The summed E-state index contributed by atoms with van der Waals surface area (Å²) in [6, 6.07) is 9.23. The van der Waals surface area contributed by atoms with Crippen LogP contribution in [-0.2, 0) is 4.74 Å². The molecule has 0 fully saturated rings. The lowest BCUT2D eigenvalue weighted by molar-refractivity contribution is 0.0687. The Morgan fingerprint density at radius 3 is 2.88 bits per heavy atom. The molecule has 124 valence electrons. The third-order valence-electron chi connectivity index (χ3n) is 3.71. The Morgan fingerprint density at radius 2 is 2.29 bits per heavy atom. The second-order valence-electron chi connectivity index (χ2n) is 5.57. The topological polar surface area (TPSA) is 81.5 Å². The van der Waals surface area contributed by atoms with E-state index in [1.165, 1.54) is 13.3 Å². The van der Waals surface area contributed by atoms with E-state index in [9.17, 15) is 10.1 Å². The number of nitrogens with one attached hydrogen (secondary N) is 1. The smallest absolute Gasteiger partial charge is 0.270 e. The molecule has 1 amide bonds. The van der Waals surface area contributed by atoms with Crippen molar-refractivity contribution in [3.63, 3.8) is 0 Å². The summed E-state index contributed by atoms with van der Waals surface area (Å²) in [6.07, 6.45) is 1.49. The van der Waals surface area contributed by atoms with Gasteiger partial charge >= 0.3 is 0 Å². The van der Waals surface area contributed by atoms with Gasteiger partial charge in [-0.25, -0.2) is 0 Å². The van der Waals surface area contributed by atoms with Crippen LogP contribution >= 0.6 is 0 Å². The fraction of sp³-hybridized carbons (Fsp3) is 0.278. The van der Waals surface area contributed by atoms with Crippen molar-refractivity contribution in [2.24, 2.45) is 4.99 Å². The van der Waals surface area contributed by atoms with Gasteiger partial charge in [-0.2, -0.15) is 5.26 Å². The summed E-state index contributed by atoms with van der Waals surface area (Å²) in [4.78, 5) is 21.3. The van der Waals surface area contributed by atoms with Crippen molar-refractivity contribution in [2.75, 3.05) is 13.7 Å². The van der Waals surface area contributed by atoms with Gasteiger partial charge in [-0.05, 0) is 32.7 Å². The van der Waals surface area contributed by atoms with Crippen LogP contribution in [-0.4, -0.2) is 42.2 Å². The van der Waals surface area contributed by atoms with E-state index >= 15 is 0 Å². The van der Waals surface area contributed by atoms with Gasteiger partial charge < -0.3 is 14.6 Å². The maximum absolute atomic E-state index is 12.9. The quantitative estimate of drug-likeness (QED) is 0.655. The van der Waals surface area contributed by atoms with Crippen LogP contribution in [0.3, 0.4) is 0 Å². The maximum atomic E-state index is 12.9. The van der Waals surface area contributed by atoms with Crippen LogP contribution in [0, 0.1) is 11.3 Å². The molecule has 0 aliphatic heterocycles. The number of H-pyrrole nitrogens is 1. The number of fused-ring (bicyclic) bond motifs is 1. The highest BCUT2D eigenvalue weighted by Gasteiger charge is 2.22. The second-order valence-corrected chi connectivity index (χ2v) is 5.57. The number of nitrogens with zero attached hydrogens (tertiary/aromatic N) is 3. The third-order valence-corrected chi connectivity index (χ3v) is 3.71. The number of aliphatic imine (C=N–C) groups is 1. The first kappa shape index (κ1) is 17.3. The van der Waals surface area contributed by atoms with E-state index in [2.05, 4.69) is 22.8 Å². The number of para-hydroxylation sites is 1. The number of amides is 1. The standard InChI is InChI=1S/C18H20N4O2/c1-12(2)22(11-15(24-4)10-20-3)18(23)16-8-13-6-5-7-14(9-19)17(13)21-16/h5-8,10,12,21H,3,11H2,1-2,4H3/b15-10-. The zero-order valence-corrected chi connectivity index (χ0v) is 14.0. The summed E-state index contributed by atoms with van der Waals surface area (Å²) in [5.41, 5.74) is 1.61. The minimum absolute atomic E-state index is 0.0392. The number of methoxy groups -OCH3 is 1. The van der Waals surface area contributed by atoms with Crippen molar-refractivity contribution in [3.8, 4) is 6.07 Å². The molecule has 0 spiro atoms. The number of aromatic amines is 1. The molecule has 0 unspecified atom stereocenters. The van der Waals surface area contributed by atoms with Gasteiger partial charge in [0.1, 0.15) is 17.5 Å². The molecule has 1 N–H and O–H groups in total. The summed E-state index contributed by atoms with van der Waals surface area (Å²) >= 11 is 0. The predicted molar refractivity (Wildman–Crippen MR) is 93.8 cm³/mol. The molecule has 1 aromatic heterocycles. The zero-order valence-electron chi connectivity index (χ0n) is 14.0. The van der Waals surface area contributed by atoms with E-state index in [-0.39, 0.29) is 18.5 Å². The molecule has 2 rings (SSSR count). The minimum atomic E-state index is -0.169. The number of hydrogen-bond donors (Lipinski definition) is 1. The van der Waals surface area contributed by atoms with Gasteiger partial charge in [0.05, 0.1) is 30.9 Å². The molecule has 6 nitrogen and oxygen atoms in total. The molecule has 0 aliphatic rings. The lowest BCUT2D eigenvalue weighted by atomic mass is 10.1. The van der Waals surface area contributed by atoms with Gasteiger partial charge in [0, 0.05) is 11.4 Å². The highest BCUT2D eigenvalue weighted by molar-refractivity contribution is 5.99. The number of nitriles is 1. The first-order valence-electron chi connectivity index (χ1n) is 7.53. The van der Waals surface area contributed by atoms with E-state index in [1.807, 2.05) is 19.9 Å². The molecule has 0 radical (unpaired) electrons. The molecular formula is C18H20N4O2. The molecule has 0 atom stereocenters. The van der Waals surface area contributed by atoms with Crippen LogP contribution in [0.1, 0.15) is 29.9 Å². The van der Waals surface area contributed by atoms with Gasteiger partial charge in [-0.3, -0.25) is 9.79 Å². The molecule has 1 aromatic carbocycles. The lowest BCUT2D eigenvalue weighted by Crippen LogP contribution is -2.38. The van der Waals surface area contributed by atoms with Crippen molar-refractivity contribution in [1.29, 1.82) is 5.26 Å². The fourth-order valence-corrected chi connectivity index (χ4v) is 2.44. The van der Waals surface area contributed by atoms with E-state index < -0.39 is 0 Å². The van der Waals surface area contributed by atoms with Crippen LogP contribution in [0.4, 0.5) is 0 Å². The van der Waals surface area contributed by atoms with E-state index in [4.69, 9.17) is 4.74 Å². The Kier molecular flexibility index (Phi) is 5.38. The Bertz CT molecular complexity index is 827. The first-order valence-corrected chi connectivity index (χ1v) is 7.53. The predicted octanol–water partition coefficient (Wildman–Crippen LogP) is 3.08. The summed E-state index contributed by atoms with van der Waals surface area (Å²) in [7, 11) is 1.53. The SMILES string of the molecule is C=N/C=C(/CN(C(=O)c1cc2cccc(C#N)c2[nH]1)C(C)C)OC. The monoisotopic (exact) mass is 324 g/mol. The van der Waals surface area contributed by atoms with Crippen molar-refractivity contribution >= 4 is 23.5 Å². The van der Waals surface area contributed by atoms with Crippen LogP contribution < -0.4 is 0 Å². The fourth-order valence-electron chi connectivity index (χ4n) is 2.44. The van der Waals surface area contributed by atoms with Crippen molar-refractivity contribution < 1.29 is 9.53 Å². The average molecular weight is 324 g/mol. The maximum Gasteiger partial charge on any atom is 0.270 e. The van der Waals surface area contributed by atoms with E-state index in [0.717, 1.165) is 5.39 Å². The number of carbonyl (C=O) groups excluding carboxylic acids is 1. The van der Waals surface area contributed by atoms with Gasteiger partial charge in [0.25, 0.3) is 5.91 Å². The zero-order chi connectivity index (χ0) is 17.7. The van der Waals surface area contributed by atoms with Crippen LogP contribution in [0.5, 0.6) is 0 Å². The number of carbonyl (C=O) groups is 1. The number of hydrogen-bond acceptors (Lipinski definition) is 4. The summed E-state index contributed by atoms with van der Waals surface area (Å²) in [6.45, 7) is 7.54. The third kappa shape index (κ3) is 3.46. The molecule has 0 bridgehead atoms. The normalized spacial score (nSPS) is 11.4. The highest BCUT2D eigenvalue weighted by Crippen LogP contribution is 2.21. The Hall–Kier alpha value is -3.07. The van der Waals surface area contributed by atoms with Gasteiger partial charge in [0.2, 0.25) is 0 Å². The van der Waals surface area contributed by atoms with Crippen molar-refractivity contribution in [3.05, 3.63) is 47.5 Å². The number of rotatable bonds is 6. The van der Waals surface area contributed by atoms with Crippen LogP contribution in [0.2, 0.25) is 0 Å². The highest BCUT2D eigenvalue weighted by atomic mass is 16.5. The van der Waals surface area contributed by atoms with Gasteiger partial charge in [0.15, 0.2) is 0 Å². The number of ether oxygens (including phenoxy) is 1. The molecule has 24 heavy (non-hydrogen) atoms. The molecule has 0 saturated heterocycles. The number of benzene rings is 1. The Balaban J connectivity index is 2.38. The lowest BCUT2D eigenvalue weighted by Gasteiger charge is -2.26. The Morgan fingerprint density at radius 1 is 1.54 bits per heavy atom. The number of aromatic nitrogens is 1. The molecule has 1 heterocycles. The summed E-state index contributed by atoms with van der Waals surface area (Å²) < 4.78 is 5.23. The summed E-state index contributed by atoms with van der Waals surface area (Å²) in [5, 5.41) is 10.0. The second kappa shape index (κ2) is 7.47. The average Bonchev–Trinajstić information content (AvgIpc) is 3.01. The molecule has 0 aliphatic carbocycles. The van der Waals surface area contributed by atoms with Gasteiger partial charge in [-0.1, -0.05) is 12.1 Å². The first-order chi connectivity index (χ1) is 11.5. The minimum Gasteiger partial charge on any atom is -0.498 e. The van der Waals surface area contributed by atoms with E-state index in [0.29, 0.717) is 22.5 Å². The van der Waals surface area contributed by atoms with Crippen molar-refractivity contribution in [1.82, 2.24) is 9.88 Å². The van der Waals surface area contributed by atoms with E-state index in [1.54, 1.807) is 23.1 Å². The van der Waals surface area contributed by atoms with Crippen LogP contribution in [0.25, 0.3) is 10.9 Å². The largest absolute Gasteiger partial charge is 0.498 e.